The Morgan fingerprint density at radius 1 is 1.28 bits per heavy atom. The highest BCUT2D eigenvalue weighted by molar-refractivity contribution is 5.29. The number of benzene rings is 1. The van der Waals surface area contributed by atoms with Gasteiger partial charge < -0.3 is 5.32 Å². The predicted octanol–water partition coefficient (Wildman–Crippen LogP) is 3.81. The Kier molecular flexibility index (Phi) is 3.95. The molecule has 0 aromatic heterocycles. The molecule has 1 aromatic rings. The fourth-order valence-corrected chi connectivity index (χ4v) is 2.93. The van der Waals surface area contributed by atoms with Crippen molar-refractivity contribution in [3.63, 3.8) is 0 Å². The van der Waals surface area contributed by atoms with Gasteiger partial charge in [0.1, 0.15) is 0 Å². The van der Waals surface area contributed by atoms with Crippen LogP contribution >= 0.6 is 0 Å². The summed E-state index contributed by atoms with van der Waals surface area (Å²) in [5.74, 6) is 0.721. The van der Waals surface area contributed by atoms with E-state index in [1.807, 2.05) is 13.1 Å². The van der Waals surface area contributed by atoms with Crippen molar-refractivity contribution in [3.8, 4) is 0 Å². The lowest BCUT2D eigenvalue weighted by molar-refractivity contribution is -0.137. The zero-order valence-corrected chi connectivity index (χ0v) is 10.4. The number of hydrogen-bond acceptors (Lipinski definition) is 1. The van der Waals surface area contributed by atoms with Gasteiger partial charge in [-0.3, -0.25) is 0 Å². The van der Waals surface area contributed by atoms with Gasteiger partial charge in [-0.15, -0.1) is 0 Å². The summed E-state index contributed by atoms with van der Waals surface area (Å²) >= 11 is 0. The van der Waals surface area contributed by atoms with Gasteiger partial charge >= 0.3 is 6.18 Å². The smallest absolute Gasteiger partial charge is 0.319 e. The lowest BCUT2D eigenvalue weighted by Crippen LogP contribution is -2.21. The van der Waals surface area contributed by atoms with Crippen molar-refractivity contribution in [1.82, 2.24) is 5.32 Å². The topological polar surface area (TPSA) is 12.0 Å². The summed E-state index contributed by atoms with van der Waals surface area (Å²) in [5.41, 5.74) is 0.303. The summed E-state index contributed by atoms with van der Waals surface area (Å²) in [7, 11) is 1.89. The van der Waals surface area contributed by atoms with Crippen LogP contribution in [0.5, 0.6) is 0 Å². The molecule has 1 fully saturated rings. The van der Waals surface area contributed by atoms with E-state index in [9.17, 15) is 13.2 Å². The average molecular weight is 257 g/mol. The van der Waals surface area contributed by atoms with Crippen LogP contribution in [0.3, 0.4) is 0 Å². The fraction of sp³-hybridized carbons (Fsp3) is 0.571. The van der Waals surface area contributed by atoms with Crippen molar-refractivity contribution < 1.29 is 13.2 Å². The molecule has 0 saturated heterocycles. The van der Waals surface area contributed by atoms with E-state index in [2.05, 4.69) is 5.32 Å². The zero-order valence-electron chi connectivity index (χ0n) is 10.4. The lowest BCUT2D eigenvalue weighted by atomic mass is 9.88. The highest BCUT2D eigenvalue weighted by Gasteiger charge is 2.33. The van der Waals surface area contributed by atoms with E-state index in [1.54, 1.807) is 0 Å². The van der Waals surface area contributed by atoms with Crippen LogP contribution in [0.15, 0.2) is 24.3 Å². The molecule has 1 aliphatic rings. The Morgan fingerprint density at radius 3 is 2.72 bits per heavy atom. The van der Waals surface area contributed by atoms with Gasteiger partial charge in [0.2, 0.25) is 0 Å². The molecule has 2 rings (SSSR count). The van der Waals surface area contributed by atoms with E-state index in [0.717, 1.165) is 37.4 Å². The zero-order chi connectivity index (χ0) is 13.2. The van der Waals surface area contributed by atoms with Crippen LogP contribution in [-0.4, -0.2) is 13.6 Å². The number of hydrogen-bond donors (Lipinski definition) is 1. The summed E-state index contributed by atoms with van der Waals surface area (Å²) in [6, 6.07) is 5.81. The molecule has 0 spiro atoms. The van der Waals surface area contributed by atoms with Gasteiger partial charge in [0, 0.05) is 0 Å². The van der Waals surface area contributed by atoms with Gasteiger partial charge in [-0.05, 0) is 49.9 Å². The molecule has 100 valence electrons. The number of halogens is 3. The Bertz CT molecular complexity index is 400. The highest BCUT2D eigenvalue weighted by Crippen LogP contribution is 2.40. The molecule has 18 heavy (non-hydrogen) atoms. The highest BCUT2D eigenvalue weighted by atomic mass is 19.4. The Morgan fingerprint density at radius 2 is 2.06 bits per heavy atom. The van der Waals surface area contributed by atoms with Crippen LogP contribution in [0.1, 0.15) is 36.3 Å². The molecule has 0 aliphatic heterocycles. The van der Waals surface area contributed by atoms with E-state index < -0.39 is 11.7 Å². The molecule has 0 amide bonds. The maximum absolute atomic E-state index is 12.7. The second kappa shape index (κ2) is 5.31. The molecular formula is C14H18F3N. The summed E-state index contributed by atoms with van der Waals surface area (Å²) in [5, 5.41) is 3.13. The molecule has 1 nitrogen and oxygen atoms in total. The Balaban J connectivity index is 2.22. The third-order valence-electron chi connectivity index (χ3n) is 3.77. The van der Waals surface area contributed by atoms with Crippen LogP contribution in [0.2, 0.25) is 0 Å². The molecule has 1 saturated carbocycles. The monoisotopic (exact) mass is 257 g/mol. The maximum atomic E-state index is 12.7. The molecular weight excluding hydrogens is 239 g/mol. The summed E-state index contributed by atoms with van der Waals surface area (Å²) in [4.78, 5) is 0. The second-order valence-electron chi connectivity index (χ2n) is 4.98. The normalized spacial score (nSPS) is 24.4. The van der Waals surface area contributed by atoms with E-state index in [4.69, 9.17) is 0 Å². The molecule has 0 bridgehead atoms. The van der Waals surface area contributed by atoms with Crippen molar-refractivity contribution in [2.24, 2.45) is 5.92 Å². The molecule has 1 aliphatic carbocycles. The summed E-state index contributed by atoms with van der Waals surface area (Å²) in [6.07, 6.45) is -1.05. The number of rotatable bonds is 3. The first-order valence-electron chi connectivity index (χ1n) is 6.34. The maximum Gasteiger partial charge on any atom is 0.416 e. The minimum Gasteiger partial charge on any atom is -0.319 e. The van der Waals surface area contributed by atoms with Gasteiger partial charge in [-0.25, -0.2) is 0 Å². The standard InChI is InChI=1S/C14H18F3N/c1-18-9-11-5-3-7-13(11)10-4-2-6-12(8-10)14(15,16)17/h2,4,6,8,11,13,18H,3,5,7,9H2,1H3. The molecule has 1 aromatic carbocycles. The fourth-order valence-electron chi connectivity index (χ4n) is 2.93. The third kappa shape index (κ3) is 2.86. The third-order valence-corrected chi connectivity index (χ3v) is 3.77. The minimum atomic E-state index is -4.24. The van der Waals surface area contributed by atoms with Gasteiger partial charge in [0.15, 0.2) is 0 Å². The first-order chi connectivity index (χ1) is 8.52. The van der Waals surface area contributed by atoms with Gasteiger partial charge in [-0.2, -0.15) is 13.2 Å². The van der Waals surface area contributed by atoms with E-state index in [-0.39, 0.29) is 5.92 Å². The van der Waals surface area contributed by atoms with Crippen molar-refractivity contribution in [2.45, 2.75) is 31.4 Å². The van der Waals surface area contributed by atoms with Crippen molar-refractivity contribution in [1.29, 1.82) is 0 Å². The number of nitrogens with one attached hydrogen (secondary N) is 1. The van der Waals surface area contributed by atoms with Gasteiger partial charge in [0.05, 0.1) is 5.56 Å². The molecule has 4 heteroatoms. The molecule has 1 N–H and O–H groups in total. The van der Waals surface area contributed by atoms with E-state index in [0.29, 0.717) is 5.92 Å². The lowest BCUT2D eigenvalue weighted by Gasteiger charge is -2.20. The van der Waals surface area contributed by atoms with Crippen LogP contribution in [0.4, 0.5) is 13.2 Å². The van der Waals surface area contributed by atoms with Crippen LogP contribution < -0.4 is 5.32 Å². The van der Waals surface area contributed by atoms with E-state index in [1.165, 1.54) is 12.1 Å². The molecule has 0 radical (unpaired) electrons. The van der Waals surface area contributed by atoms with E-state index >= 15 is 0 Å². The van der Waals surface area contributed by atoms with Gasteiger partial charge in [0.25, 0.3) is 0 Å². The molecule has 0 heterocycles. The van der Waals surface area contributed by atoms with Crippen molar-refractivity contribution in [3.05, 3.63) is 35.4 Å². The van der Waals surface area contributed by atoms with Crippen molar-refractivity contribution >= 4 is 0 Å². The first kappa shape index (κ1) is 13.4. The second-order valence-corrected chi connectivity index (χ2v) is 4.98. The summed E-state index contributed by atoms with van der Waals surface area (Å²) in [6.45, 7) is 0.876. The predicted molar refractivity (Wildman–Crippen MR) is 65.5 cm³/mol. The van der Waals surface area contributed by atoms with Crippen LogP contribution in [-0.2, 0) is 6.18 Å². The largest absolute Gasteiger partial charge is 0.416 e. The SMILES string of the molecule is CNCC1CCCC1c1cccc(C(F)(F)F)c1. The first-order valence-corrected chi connectivity index (χ1v) is 6.34. The summed E-state index contributed by atoms with van der Waals surface area (Å²) < 4.78 is 38.1. The molecule has 2 unspecified atom stereocenters. The minimum absolute atomic E-state index is 0.264. The molecule has 2 atom stereocenters. The van der Waals surface area contributed by atoms with Gasteiger partial charge in [-0.1, -0.05) is 24.6 Å². The quantitative estimate of drug-likeness (QED) is 0.868. The van der Waals surface area contributed by atoms with Crippen molar-refractivity contribution in [2.75, 3.05) is 13.6 Å². The Hall–Kier alpha value is -1.03. The Labute approximate surface area is 105 Å². The van der Waals surface area contributed by atoms with Crippen LogP contribution in [0.25, 0.3) is 0 Å². The number of alkyl halides is 3. The average Bonchev–Trinajstić information content (AvgIpc) is 2.77. The van der Waals surface area contributed by atoms with Crippen LogP contribution in [0, 0.1) is 5.92 Å².